The first-order valence-electron chi connectivity index (χ1n) is 14.3. The topological polar surface area (TPSA) is 138 Å². The second kappa shape index (κ2) is 8.26. The van der Waals surface area contributed by atoms with E-state index in [-0.39, 0.29) is 41.3 Å². The molecule has 210 valence electrons. The number of aliphatic hydroxyl groups is 5. The Kier molecular flexibility index (Phi) is 6.16. The van der Waals surface area contributed by atoms with Gasteiger partial charge in [-0.2, -0.15) is 0 Å². The molecule has 0 amide bonds. The fourth-order valence-electron chi connectivity index (χ4n) is 10.8. The molecule has 4 saturated carbocycles. The maximum absolute atomic E-state index is 12.8. The van der Waals surface area contributed by atoms with Crippen molar-refractivity contribution >= 4 is 5.97 Å². The van der Waals surface area contributed by atoms with Gasteiger partial charge in [-0.15, -0.1) is 0 Å². The quantitative estimate of drug-likeness (QED) is 0.314. The maximum atomic E-state index is 12.8. The minimum Gasteiger partial charge on any atom is -0.481 e. The summed E-state index contributed by atoms with van der Waals surface area (Å²) in [6.45, 7) is 10.1. The maximum Gasteiger partial charge on any atom is 0.310 e. The Balaban J connectivity index is 1.64. The monoisotopic (exact) mass is 520 g/mol. The van der Waals surface area contributed by atoms with E-state index in [1.54, 1.807) is 0 Å². The van der Waals surface area contributed by atoms with Gasteiger partial charge >= 0.3 is 5.97 Å². The van der Waals surface area contributed by atoms with Crippen molar-refractivity contribution in [2.75, 3.05) is 13.2 Å². The fourth-order valence-corrected chi connectivity index (χ4v) is 10.8. The highest BCUT2D eigenvalue weighted by Crippen LogP contribution is 2.75. The van der Waals surface area contributed by atoms with Crippen molar-refractivity contribution in [3.63, 3.8) is 0 Å². The van der Waals surface area contributed by atoms with Crippen LogP contribution in [-0.2, 0) is 4.79 Å². The van der Waals surface area contributed by atoms with Gasteiger partial charge in [-0.05, 0) is 84.9 Å². The lowest BCUT2D eigenvalue weighted by Gasteiger charge is -2.72. The third-order valence-corrected chi connectivity index (χ3v) is 13.4. The molecule has 7 nitrogen and oxygen atoms in total. The molecule has 0 saturated heterocycles. The number of carbonyl (C=O) groups is 1. The van der Waals surface area contributed by atoms with Crippen molar-refractivity contribution in [1.29, 1.82) is 0 Å². The Bertz CT molecular complexity index is 986. The Labute approximate surface area is 221 Å². The Morgan fingerprint density at radius 1 is 0.892 bits per heavy atom. The van der Waals surface area contributed by atoms with Gasteiger partial charge in [0.15, 0.2) is 0 Å². The van der Waals surface area contributed by atoms with E-state index in [1.165, 1.54) is 0 Å². The molecular weight excluding hydrogens is 472 g/mol. The fraction of sp³-hybridized carbons (Fsp3) is 0.900. The smallest absolute Gasteiger partial charge is 0.310 e. The first-order valence-corrected chi connectivity index (χ1v) is 14.3. The van der Waals surface area contributed by atoms with Crippen LogP contribution in [0.25, 0.3) is 0 Å². The number of carboxylic acids is 1. The van der Waals surface area contributed by atoms with Crippen LogP contribution in [0.4, 0.5) is 0 Å². The van der Waals surface area contributed by atoms with Crippen molar-refractivity contribution in [3.05, 3.63) is 11.6 Å². The van der Waals surface area contributed by atoms with Crippen LogP contribution in [-0.4, -0.2) is 68.1 Å². The van der Waals surface area contributed by atoms with Crippen LogP contribution in [0.3, 0.4) is 0 Å². The van der Waals surface area contributed by atoms with Crippen molar-refractivity contribution in [2.24, 2.45) is 50.2 Å². The number of hydrogen-bond acceptors (Lipinski definition) is 6. The summed E-state index contributed by atoms with van der Waals surface area (Å²) < 4.78 is 0. The van der Waals surface area contributed by atoms with E-state index < -0.39 is 46.4 Å². The highest BCUT2D eigenvalue weighted by molar-refractivity contribution is 5.77. The van der Waals surface area contributed by atoms with Gasteiger partial charge in [0.05, 0.1) is 36.9 Å². The van der Waals surface area contributed by atoms with Crippen LogP contribution in [0.1, 0.15) is 86.0 Å². The van der Waals surface area contributed by atoms with Crippen molar-refractivity contribution in [3.8, 4) is 0 Å². The van der Waals surface area contributed by atoms with Gasteiger partial charge in [-0.3, -0.25) is 4.79 Å². The van der Waals surface area contributed by atoms with Gasteiger partial charge in [0.1, 0.15) is 0 Å². The third kappa shape index (κ3) is 3.15. The zero-order valence-electron chi connectivity index (χ0n) is 23.2. The molecule has 0 aromatic rings. The number of allylic oxidation sites excluding steroid dienone is 1. The van der Waals surface area contributed by atoms with Crippen LogP contribution < -0.4 is 0 Å². The number of aliphatic carboxylic acids is 1. The molecule has 5 rings (SSSR count). The van der Waals surface area contributed by atoms with E-state index in [2.05, 4.69) is 26.8 Å². The molecule has 7 heteroatoms. The van der Waals surface area contributed by atoms with Gasteiger partial charge < -0.3 is 30.6 Å². The molecular formula is C30H48O7. The zero-order chi connectivity index (χ0) is 27.4. The molecule has 0 bridgehead atoms. The summed E-state index contributed by atoms with van der Waals surface area (Å²) in [7, 11) is 0. The molecule has 0 aliphatic heterocycles. The van der Waals surface area contributed by atoms with Crippen LogP contribution in [0.5, 0.6) is 0 Å². The molecule has 0 aromatic carbocycles. The predicted molar refractivity (Wildman–Crippen MR) is 138 cm³/mol. The van der Waals surface area contributed by atoms with Crippen molar-refractivity contribution < 1.29 is 35.4 Å². The molecule has 37 heavy (non-hydrogen) atoms. The van der Waals surface area contributed by atoms with E-state index in [9.17, 15) is 35.4 Å². The van der Waals surface area contributed by atoms with E-state index in [0.29, 0.717) is 38.5 Å². The van der Waals surface area contributed by atoms with E-state index in [0.717, 1.165) is 18.4 Å². The van der Waals surface area contributed by atoms with E-state index in [1.807, 2.05) is 13.8 Å². The first-order chi connectivity index (χ1) is 17.1. The number of hydrogen-bond donors (Lipinski definition) is 6. The number of rotatable bonds is 3. The molecule has 0 heterocycles. The second-order valence-corrected chi connectivity index (χ2v) is 14.9. The first kappa shape index (κ1) is 27.6. The van der Waals surface area contributed by atoms with Gasteiger partial charge in [-0.1, -0.05) is 46.3 Å². The van der Waals surface area contributed by atoms with Crippen LogP contribution in [0.15, 0.2) is 11.6 Å². The summed E-state index contributed by atoms with van der Waals surface area (Å²) in [5.74, 6) is -1.24. The van der Waals surface area contributed by atoms with Gasteiger partial charge in [-0.25, -0.2) is 0 Å². The highest BCUT2D eigenvalue weighted by atomic mass is 16.4. The number of fused-ring (bicyclic) bond motifs is 7. The van der Waals surface area contributed by atoms with Gasteiger partial charge in [0.25, 0.3) is 0 Å². The van der Waals surface area contributed by atoms with Gasteiger partial charge in [0.2, 0.25) is 0 Å². The summed E-state index contributed by atoms with van der Waals surface area (Å²) in [6, 6.07) is 0. The molecule has 6 N–H and O–H groups in total. The highest BCUT2D eigenvalue weighted by Gasteiger charge is 2.72. The Hall–Kier alpha value is -0.990. The average Bonchev–Trinajstić information content (AvgIpc) is 2.83. The number of carboxylic acid groups (broad SMARTS) is 1. The lowest BCUT2D eigenvalue weighted by Crippen LogP contribution is -2.70. The van der Waals surface area contributed by atoms with Crippen LogP contribution >= 0.6 is 0 Å². The Morgan fingerprint density at radius 3 is 2.11 bits per heavy atom. The summed E-state index contributed by atoms with van der Waals surface area (Å²) in [5, 5.41) is 65.1. The van der Waals surface area contributed by atoms with Gasteiger partial charge in [0, 0.05) is 11.3 Å². The van der Waals surface area contributed by atoms with Crippen molar-refractivity contribution in [1.82, 2.24) is 0 Å². The lowest BCUT2D eigenvalue weighted by molar-refractivity contribution is -0.258. The molecule has 4 fully saturated rings. The summed E-state index contributed by atoms with van der Waals surface area (Å²) in [5.41, 5.74) is -2.32. The van der Waals surface area contributed by atoms with Crippen LogP contribution in [0, 0.1) is 50.2 Å². The van der Waals surface area contributed by atoms with E-state index in [4.69, 9.17) is 0 Å². The normalized spacial score (nSPS) is 52.1. The molecule has 0 radical (unpaired) electrons. The molecule has 0 aromatic heterocycles. The molecule has 0 spiro atoms. The third-order valence-electron chi connectivity index (χ3n) is 13.4. The minimum atomic E-state index is -1.18. The molecule has 0 unspecified atom stereocenters. The van der Waals surface area contributed by atoms with Crippen LogP contribution in [0.2, 0.25) is 0 Å². The largest absolute Gasteiger partial charge is 0.481 e. The lowest BCUT2D eigenvalue weighted by atomic mass is 9.33. The Morgan fingerprint density at radius 2 is 1.51 bits per heavy atom. The van der Waals surface area contributed by atoms with E-state index >= 15 is 0 Å². The standard InChI is InChI=1S/C30H48O7/c1-25(2)10-12-29(24(36)37)13-11-27(4)17(21(29)23(25)35)6-7-19-26(3)14-18(33)22(34)30(15-31,16-32)20(26)8-9-28(19,27)5/h6,18-23,31-35H,7-16H2,1-5H3,(H,36,37)/t18-,19-,20+,21-,22+,23+,26-,27-,28-,29+/m1/s1. The SMILES string of the molecule is CC1(C)CC[C@]2(C(=O)O)CC[C@]3(C)C(=CC[C@@H]4[C@@]5(C)C[C@@H](O)[C@H](O)C(CO)(CO)[C@H]5CC[C@]43C)[C@@H]2[C@@H]1O. The second-order valence-electron chi connectivity index (χ2n) is 14.9. The summed E-state index contributed by atoms with van der Waals surface area (Å²) >= 11 is 0. The average molecular weight is 521 g/mol. The predicted octanol–water partition coefficient (Wildman–Crippen LogP) is 3.12. The minimum absolute atomic E-state index is 0.123. The van der Waals surface area contributed by atoms with Crippen molar-refractivity contribution in [2.45, 2.75) is 104 Å². The summed E-state index contributed by atoms with van der Waals surface area (Å²) in [6.07, 6.45) is 4.43. The molecule has 5 aliphatic carbocycles. The summed E-state index contributed by atoms with van der Waals surface area (Å²) in [4.78, 5) is 12.8. The zero-order valence-corrected chi connectivity index (χ0v) is 23.2. The molecule has 5 aliphatic rings. The molecule has 10 atom stereocenters. The number of aliphatic hydroxyl groups excluding tert-OH is 5.